The van der Waals surface area contributed by atoms with Crippen molar-refractivity contribution in [2.75, 3.05) is 20.3 Å². The molecule has 3 heteroatoms. The molecule has 1 aromatic carbocycles. The lowest BCUT2D eigenvalue weighted by atomic mass is 10.2. The maximum absolute atomic E-state index is 5.55. The zero-order chi connectivity index (χ0) is 11.2. The highest BCUT2D eigenvalue weighted by Gasteiger charge is 2.14. The van der Waals surface area contributed by atoms with Gasteiger partial charge in [0.15, 0.2) is 0 Å². The van der Waals surface area contributed by atoms with Crippen molar-refractivity contribution in [2.45, 2.75) is 25.5 Å². The molecule has 2 rings (SSSR count). The van der Waals surface area contributed by atoms with Gasteiger partial charge in [-0.2, -0.15) is 0 Å². The molecular weight excluding hydrogens is 202 g/mol. The summed E-state index contributed by atoms with van der Waals surface area (Å²) in [7, 11) is 1.71. The molecule has 1 unspecified atom stereocenters. The van der Waals surface area contributed by atoms with Crippen LogP contribution in [-0.2, 0) is 11.3 Å². The summed E-state index contributed by atoms with van der Waals surface area (Å²) in [5.41, 5.74) is 1.20. The molecule has 1 N–H and O–H groups in total. The largest absolute Gasteiger partial charge is 0.496 e. The zero-order valence-corrected chi connectivity index (χ0v) is 9.74. The fraction of sp³-hybridized carbons (Fsp3) is 0.538. The number of para-hydroxylation sites is 1. The minimum Gasteiger partial charge on any atom is -0.496 e. The lowest BCUT2D eigenvalue weighted by molar-refractivity contribution is 0.110. The Bertz CT molecular complexity index is 321. The average Bonchev–Trinajstić information content (AvgIpc) is 2.83. The van der Waals surface area contributed by atoms with Crippen LogP contribution in [-0.4, -0.2) is 26.4 Å². The van der Waals surface area contributed by atoms with Gasteiger partial charge < -0.3 is 14.8 Å². The zero-order valence-electron chi connectivity index (χ0n) is 9.74. The molecular formula is C13H19NO2. The first-order chi connectivity index (χ1) is 7.90. The van der Waals surface area contributed by atoms with Crippen molar-refractivity contribution < 1.29 is 9.47 Å². The highest BCUT2D eigenvalue weighted by molar-refractivity contribution is 5.32. The van der Waals surface area contributed by atoms with Crippen molar-refractivity contribution in [1.82, 2.24) is 5.32 Å². The van der Waals surface area contributed by atoms with E-state index in [1.165, 1.54) is 18.4 Å². The number of benzene rings is 1. The lowest BCUT2D eigenvalue weighted by Gasteiger charge is -2.12. The molecule has 0 radical (unpaired) electrons. The normalized spacial score (nSPS) is 19.9. The van der Waals surface area contributed by atoms with Crippen molar-refractivity contribution in [3.63, 3.8) is 0 Å². The smallest absolute Gasteiger partial charge is 0.123 e. The molecule has 88 valence electrons. The molecule has 0 aromatic heterocycles. The number of methoxy groups -OCH3 is 1. The van der Waals surface area contributed by atoms with E-state index in [0.717, 1.165) is 25.4 Å². The summed E-state index contributed by atoms with van der Waals surface area (Å²) in [6.07, 6.45) is 2.77. The quantitative estimate of drug-likeness (QED) is 0.824. The maximum Gasteiger partial charge on any atom is 0.123 e. The van der Waals surface area contributed by atoms with Gasteiger partial charge in [-0.3, -0.25) is 0 Å². The number of rotatable bonds is 5. The SMILES string of the molecule is COc1ccccc1CNCC1CCCO1. The summed E-state index contributed by atoms with van der Waals surface area (Å²) in [5.74, 6) is 0.947. The first-order valence-corrected chi connectivity index (χ1v) is 5.84. The maximum atomic E-state index is 5.55. The van der Waals surface area contributed by atoms with Gasteiger partial charge in [0.1, 0.15) is 5.75 Å². The van der Waals surface area contributed by atoms with Gasteiger partial charge in [-0.25, -0.2) is 0 Å². The summed E-state index contributed by atoms with van der Waals surface area (Å²) in [4.78, 5) is 0. The summed E-state index contributed by atoms with van der Waals surface area (Å²) in [5, 5.41) is 3.41. The third-order valence-electron chi connectivity index (χ3n) is 2.90. The van der Waals surface area contributed by atoms with Crippen molar-refractivity contribution in [2.24, 2.45) is 0 Å². The van der Waals surface area contributed by atoms with Crippen molar-refractivity contribution in [3.05, 3.63) is 29.8 Å². The van der Waals surface area contributed by atoms with Crippen LogP contribution in [0.1, 0.15) is 18.4 Å². The predicted octanol–water partition coefficient (Wildman–Crippen LogP) is 1.96. The van der Waals surface area contributed by atoms with Crippen LogP contribution in [0, 0.1) is 0 Å². The highest BCUT2D eigenvalue weighted by Crippen LogP contribution is 2.17. The summed E-state index contributed by atoms with van der Waals surface area (Å²) in [6, 6.07) is 8.10. The molecule has 1 fully saturated rings. The average molecular weight is 221 g/mol. The van der Waals surface area contributed by atoms with Gasteiger partial charge in [-0.15, -0.1) is 0 Å². The van der Waals surface area contributed by atoms with E-state index in [2.05, 4.69) is 11.4 Å². The van der Waals surface area contributed by atoms with Gasteiger partial charge in [0.25, 0.3) is 0 Å². The molecule has 1 heterocycles. The van der Waals surface area contributed by atoms with E-state index in [0.29, 0.717) is 6.10 Å². The minimum atomic E-state index is 0.398. The Morgan fingerprint density at radius 2 is 2.31 bits per heavy atom. The van der Waals surface area contributed by atoms with Crippen LogP contribution < -0.4 is 10.1 Å². The molecule has 0 aliphatic carbocycles. The molecule has 1 aliphatic heterocycles. The Morgan fingerprint density at radius 3 is 3.06 bits per heavy atom. The molecule has 0 bridgehead atoms. The van der Waals surface area contributed by atoms with Crippen LogP contribution in [0.25, 0.3) is 0 Å². The Labute approximate surface area is 96.8 Å². The van der Waals surface area contributed by atoms with Crippen LogP contribution in [0.3, 0.4) is 0 Å². The van der Waals surface area contributed by atoms with E-state index in [1.54, 1.807) is 7.11 Å². The molecule has 1 aliphatic rings. The van der Waals surface area contributed by atoms with Gasteiger partial charge in [0, 0.05) is 25.3 Å². The van der Waals surface area contributed by atoms with E-state index < -0.39 is 0 Å². The van der Waals surface area contributed by atoms with E-state index in [4.69, 9.17) is 9.47 Å². The van der Waals surface area contributed by atoms with Crippen LogP contribution in [0.2, 0.25) is 0 Å². The second-order valence-corrected chi connectivity index (χ2v) is 4.08. The van der Waals surface area contributed by atoms with E-state index >= 15 is 0 Å². The second-order valence-electron chi connectivity index (χ2n) is 4.08. The monoisotopic (exact) mass is 221 g/mol. The van der Waals surface area contributed by atoms with Crippen LogP contribution in [0.4, 0.5) is 0 Å². The summed E-state index contributed by atoms with van der Waals surface area (Å²) in [6.45, 7) is 2.68. The minimum absolute atomic E-state index is 0.398. The molecule has 1 aromatic rings. The molecule has 1 saturated heterocycles. The highest BCUT2D eigenvalue weighted by atomic mass is 16.5. The topological polar surface area (TPSA) is 30.5 Å². The van der Waals surface area contributed by atoms with Gasteiger partial charge in [0.2, 0.25) is 0 Å². The van der Waals surface area contributed by atoms with E-state index in [9.17, 15) is 0 Å². The second kappa shape index (κ2) is 5.87. The first-order valence-electron chi connectivity index (χ1n) is 5.84. The number of hydrogen-bond acceptors (Lipinski definition) is 3. The summed E-state index contributed by atoms with van der Waals surface area (Å²) < 4.78 is 10.9. The number of ether oxygens (including phenoxy) is 2. The molecule has 0 spiro atoms. The van der Waals surface area contributed by atoms with Gasteiger partial charge >= 0.3 is 0 Å². The van der Waals surface area contributed by atoms with Crippen LogP contribution in [0.15, 0.2) is 24.3 Å². The van der Waals surface area contributed by atoms with E-state index in [1.807, 2.05) is 18.2 Å². The third kappa shape index (κ3) is 2.97. The fourth-order valence-electron chi connectivity index (χ4n) is 2.02. The predicted molar refractivity (Wildman–Crippen MR) is 63.7 cm³/mol. The lowest BCUT2D eigenvalue weighted by Crippen LogP contribution is -2.25. The Hall–Kier alpha value is -1.06. The third-order valence-corrected chi connectivity index (χ3v) is 2.90. The standard InChI is InChI=1S/C13H19NO2/c1-15-13-7-3-2-5-11(13)9-14-10-12-6-4-8-16-12/h2-3,5,7,12,14H,4,6,8-10H2,1H3. The van der Waals surface area contributed by atoms with Crippen LogP contribution in [0.5, 0.6) is 5.75 Å². The van der Waals surface area contributed by atoms with Gasteiger partial charge in [0.05, 0.1) is 13.2 Å². The first kappa shape index (κ1) is 11.4. The number of hydrogen-bond donors (Lipinski definition) is 1. The van der Waals surface area contributed by atoms with Gasteiger partial charge in [-0.1, -0.05) is 18.2 Å². The van der Waals surface area contributed by atoms with Crippen molar-refractivity contribution in [3.8, 4) is 5.75 Å². The molecule has 3 nitrogen and oxygen atoms in total. The fourth-order valence-corrected chi connectivity index (χ4v) is 2.02. The Balaban J connectivity index is 1.79. The van der Waals surface area contributed by atoms with Crippen LogP contribution >= 0.6 is 0 Å². The summed E-state index contributed by atoms with van der Waals surface area (Å²) >= 11 is 0. The Morgan fingerprint density at radius 1 is 1.44 bits per heavy atom. The van der Waals surface area contributed by atoms with E-state index in [-0.39, 0.29) is 0 Å². The number of nitrogens with one attached hydrogen (secondary N) is 1. The molecule has 0 amide bonds. The molecule has 16 heavy (non-hydrogen) atoms. The molecule has 1 atom stereocenters. The van der Waals surface area contributed by atoms with Crippen molar-refractivity contribution >= 4 is 0 Å². The van der Waals surface area contributed by atoms with Gasteiger partial charge in [-0.05, 0) is 18.9 Å². The Kier molecular flexibility index (Phi) is 4.19. The molecule has 0 saturated carbocycles. The van der Waals surface area contributed by atoms with Crippen molar-refractivity contribution in [1.29, 1.82) is 0 Å².